The van der Waals surface area contributed by atoms with E-state index >= 15 is 0 Å². The third kappa shape index (κ3) is 9.33. The average Bonchev–Trinajstić information content (AvgIpc) is 3.14. The first-order chi connectivity index (χ1) is 24.5. The summed E-state index contributed by atoms with van der Waals surface area (Å²) in [4.78, 5) is 62.8. The molecule has 0 bridgehead atoms. The maximum absolute atomic E-state index is 13.8. The van der Waals surface area contributed by atoms with Crippen molar-refractivity contribution in [3.05, 3.63) is 92.5 Å². The van der Waals surface area contributed by atoms with E-state index in [9.17, 15) is 19.2 Å². The zero-order chi connectivity index (χ0) is 34.7. The number of nitrogens with one attached hydrogen (secondary N) is 2. The second-order valence-electron chi connectivity index (χ2n) is 12.7. The molecule has 2 heterocycles. The molecule has 262 valence electrons. The molecule has 2 N–H and O–H groups in total. The molecule has 0 radical (unpaired) electrons. The summed E-state index contributed by atoms with van der Waals surface area (Å²) in [6, 6.07) is 14.3. The van der Waals surface area contributed by atoms with Crippen molar-refractivity contribution in [1.82, 2.24) is 29.7 Å². The zero-order valence-corrected chi connectivity index (χ0v) is 30.0. The highest BCUT2D eigenvalue weighted by Crippen LogP contribution is 2.22. The van der Waals surface area contributed by atoms with E-state index in [-0.39, 0.29) is 47.5 Å². The van der Waals surface area contributed by atoms with Crippen LogP contribution in [0.25, 0.3) is 21.8 Å². The number of benzene rings is 2. The van der Waals surface area contributed by atoms with Crippen molar-refractivity contribution in [2.24, 2.45) is 0 Å². The topological polar surface area (TPSA) is 128 Å². The first-order valence-corrected chi connectivity index (χ1v) is 19.6. The van der Waals surface area contributed by atoms with Crippen molar-refractivity contribution in [2.45, 2.75) is 87.6 Å². The van der Waals surface area contributed by atoms with Crippen molar-refractivity contribution in [2.75, 3.05) is 24.6 Å². The molecular weight excluding hydrogens is 669 g/mol. The van der Waals surface area contributed by atoms with E-state index in [1.54, 1.807) is 36.4 Å². The van der Waals surface area contributed by atoms with Gasteiger partial charge in [0.2, 0.25) is 11.8 Å². The maximum Gasteiger partial charge on any atom is 0.262 e. The average molecular weight is 713 g/mol. The summed E-state index contributed by atoms with van der Waals surface area (Å²) in [5.74, 6) is -0.0330. The molecule has 2 aliphatic carbocycles. The molecule has 2 aromatic carbocycles. The van der Waals surface area contributed by atoms with Crippen LogP contribution in [0.3, 0.4) is 0 Å². The van der Waals surface area contributed by atoms with Crippen LogP contribution in [0.5, 0.6) is 0 Å². The van der Waals surface area contributed by atoms with Gasteiger partial charge in [-0.2, -0.15) is 0 Å². The van der Waals surface area contributed by atoms with Crippen molar-refractivity contribution in [3.63, 3.8) is 0 Å². The largest absolute Gasteiger partial charge is 0.355 e. The Morgan fingerprint density at radius 2 is 1.08 bits per heavy atom. The monoisotopic (exact) mass is 712 g/mol. The van der Waals surface area contributed by atoms with Gasteiger partial charge in [0.25, 0.3) is 11.1 Å². The van der Waals surface area contributed by atoms with Gasteiger partial charge in [-0.1, -0.05) is 71.1 Å². The quantitative estimate of drug-likeness (QED) is 0.0873. The smallest absolute Gasteiger partial charge is 0.262 e. The number of allylic oxidation sites excluding steroid dienone is 2. The minimum absolute atomic E-state index is 0.106. The van der Waals surface area contributed by atoms with Gasteiger partial charge in [-0.25, -0.2) is 9.97 Å². The lowest BCUT2D eigenvalue weighted by Gasteiger charge is -2.17. The molecule has 2 amide bonds. The van der Waals surface area contributed by atoms with E-state index in [0.29, 0.717) is 45.2 Å². The zero-order valence-electron chi connectivity index (χ0n) is 28.3. The molecule has 4 aromatic rings. The van der Waals surface area contributed by atoms with Gasteiger partial charge in [0.1, 0.15) is 0 Å². The van der Waals surface area contributed by atoms with Gasteiger partial charge in [0.15, 0.2) is 10.3 Å². The number of aromatic nitrogens is 4. The number of nitrogens with zero attached hydrogens (tertiary/aromatic N) is 4. The summed E-state index contributed by atoms with van der Waals surface area (Å²) in [7, 11) is 0. The number of rotatable bonds is 15. The number of hydrogen-bond acceptors (Lipinski definition) is 8. The Labute approximate surface area is 300 Å². The summed E-state index contributed by atoms with van der Waals surface area (Å²) < 4.78 is 3.08. The first-order valence-electron chi connectivity index (χ1n) is 17.6. The highest BCUT2D eigenvalue weighted by molar-refractivity contribution is 8.00. The van der Waals surface area contributed by atoms with E-state index in [1.807, 2.05) is 12.1 Å². The normalized spacial score (nSPS) is 14.7. The van der Waals surface area contributed by atoms with Gasteiger partial charge in [-0.15, -0.1) is 0 Å². The molecule has 0 spiro atoms. The second-order valence-corrected chi connectivity index (χ2v) is 14.6. The van der Waals surface area contributed by atoms with Crippen LogP contribution in [0.2, 0.25) is 0 Å². The van der Waals surface area contributed by atoms with Crippen molar-refractivity contribution >= 4 is 57.1 Å². The van der Waals surface area contributed by atoms with Crippen LogP contribution >= 0.6 is 23.5 Å². The van der Waals surface area contributed by atoms with Crippen LogP contribution in [0.1, 0.15) is 64.2 Å². The molecule has 2 aromatic heterocycles. The third-order valence-corrected chi connectivity index (χ3v) is 11.1. The minimum Gasteiger partial charge on any atom is -0.355 e. The van der Waals surface area contributed by atoms with E-state index in [1.165, 1.54) is 69.5 Å². The number of carbonyl (C=O) groups excluding carboxylic acids is 2. The molecule has 6 rings (SSSR count). The predicted octanol–water partition coefficient (Wildman–Crippen LogP) is 6.00. The molecule has 50 heavy (non-hydrogen) atoms. The van der Waals surface area contributed by atoms with Crippen molar-refractivity contribution in [1.29, 1.82) is 0 Å². The molecule has 0 unspecified atom stereocenters. The highest BCUT2D eigenvalue weighted by Gasteiger charge is 2.17. The summed E-state index contributed by atoms with van der Waals surface area (Å²) in [5, 5.41) is 7.74. The van der Waals surface area contributed by atoms with Gasteiger partial charge >= 0.3 is 0 Å². The van der Waals surface area contributed by atoms with Crippen LogP contribution in [-0.4, -0.2) is 55.5 Å². The molecule has 0 saturated carbocycles. The molecule has 10 nitrogen and oxygen atoms in total. The van der Waals surface area contributed by atoms with Gasteiger partial charge in [-0.3, -0.25) is 28.3 Å². The second kappa shape index (κ2) is 17.7. The number of amides is 2. The standard InChI is InChI=1S/C38H44N6O4S2/c45-33(39-21-19-27-11-3-1-4-12-27)25-49-37-41-31-17-9-7-15-29(31)35(47)43(37)23-24-44-36(48)30-16-8-10-18-32(30)42-38(44)50-26-34(46)40-22-20-28-13-5-2-6-14-28/h7-11,13,15-18H,1-6,12,14,19-26H2,(H,39,45)(H,40,46). The lowest BCUT2D eigenvalue weighted by atomic mass is 9.97. The van der Waals surface area contributed by atoms with Crippen LogP contribution in [0, 0.1) is 0 Å². The Morgan fingerprint density at radius 1 is 0.640 bits per heavy atom. The van der Waals surface area contributed by atoms with Crippen LogP contribution in [0.4, 0.5) is 0 Å². The SMILES string of the molecule is O=C(CSc1nc2ccccc2c(=O)n1CCn1c(SCC(=O)NCCC2=CCCCC2)nc2ccccc2c1=O)NCCC1=CCCCC1. The van der Waals surface area contributed by atoms with Crippen LogP contribution < -0.4 is 21.8 Å². The van der Waals surface area contributed by atoms with Crippen LogP contribution in [-0.2, 0) is 22.7 Å². The lowest BCUT2D eigenvalue weighted by Crippen LogP contribution is -2.31. The fourth-order valence-electron chi connectivity index (χ4n) is 6.46. The van der Waals surface area contributed by atoms with Gasteiger partial charge in [0.05, 0.1) is 33.3 Å². The van der Waals surface area contributed by atoms with Gasteiger partial charge in [0, 0.05) is 26.2 Å². The lowest BCUT2D eigenvalue weighted by molar-refractivity contribution is -0.119. The Hall–Kier alpha value is -4.16. The number of carbonyl (C=O) groups is 2. The molecule has 12 heteroatoms. The predicted molar refractivity (Wildman–Crippen MR) is 202 cm³/mol. The van der Waals surface area contributed by atoms with Crippen LogP contribution in [0.15, 0.2) is 91.7 Å². The Kier molecular flexibility index (Phi) is 12.6. The number of thioether (sulfide) groups is 2. The van der Waals surface area contributed by atoms with Gasteiger partial charge < -0.3 is 10.6 Å². The van der Waals surface area contributed by atoms with Crippen molar-refractivity contribution in [3.8, 4) is 0 Å². The first kappa shape index (κ1) is 35.7. The third-order valence-electron chi connectivity index (χ3n) is 9.17. The Balaban J connectivity index is 1.17. The summed E-state index contributed by atoms with van der Waals surface area (Å²) in [6.07, 6.45) is 15.6. The number of para-hydroxylation sites is 2. The summed E-state index contributed by atoms with van der Waals surface area (Å²) in [6.45, 7) is 1.42. The minimum atomic E-state index is -0.244. The highest BCUT2D eigenvalue weighted by atomic mass is 32.2. The van der Waals surface area contributed by atoms with E-state index in [4.69, 9.17) is 9.97 Å². The van der Waals surface area contributed by atoms with E-state index < -0.39 is 0 Å². The summed E-state index contributed by atoms with van der Waals surface area (Å²) >= 11 is 2.42. The molecule has 0 atom stereocenters. The molecule has 0 aliphatic heterocycles. The van der Waals surface area contributed by atoms with E-state index in [0.717, 1.165) is 38.5 Å². The fraction of sp³-hybridized carbons (Fsp3) is 0.421. The Bertz CT molecular complexity index is 1890. The molecule has 0 saturated heterocycles. The molecule has 0 fully saturated rings. The molecule has 2 aliphatic rings. The van der Waals surface area contributed by atoms with E-state index in [2.05, 4.69) is 22.8 Å². The van der Waals surface area contributed by atoms with Gasteiger partial charge in [-0.05, 0) is 88.5 Å². The Morgan fingerprint density at radius 3 is 1.50 bits per heavy atom. The van der Waals surface area contributed by atoms with Crippen molar-refractivity contribution < 1.29 is 9.59 Å². The number of hydrogen-bond donors (Lipinski definition) is 2. The number of fused-ring (bicyclic) bond motifs is 2. The fourth-order valence-corrected chi connectivity index (χ4v) is 8.17. The maximum atomic E-state index is 13.8. The molecular formula is C38H44N6O4S2. The summed E-state index contributed by atoms with van der Waals surface area (Å²) in [5.41, 5.74) is 3.41.